The van der Waals surface area contributed by atoms with E-state index >= 15 is 0 Å². The Morgan fingerprint density at radius 1 is 1.44 bits per heavy atom. The van der Waals surface area contributed by atoms with Crippen molar-refractivity contribution in [2.75, 3.05) is 6.61 Å². The second-order valence-corrected chi connectivity index (χ2v) is 4.14. The molecular weight excluding hydrogens is 200 g/mol. The summed E-state index contributed by atoms with van der Waals surface area (Å²) in [5.74, 6) is 0.917. The van der Waals surface area contributed by atoms with E-state index in [2.05, 4.69) is 11.1 Å². The number of hydrogen-bond donors (Lipinski definition) is 2. The first-order valence-corrected chi connectivity index (χ1v) is 5.69. The molecule has 86 valence electrons. The maximum absolute atomic E-state index is 5.83. The average molecular weight is 218 g/mol. The molecule has 0 fully saturated rings. The van der Waals surface area contributed by atoms with Crippen LogP contribution in [0.2, 0.25) is 0 Å². The number of hydrogen-bond acceptors (Lipinski definition) is 2. The molecule has 1 aromatic carbocycles. The maximum Gasteiger partial charge on any atom is 0.120 e. The van der Waals surface area contributed by atoms with E-state index in [1.165, 1.54) is 10.9 Å². The van der Waals surface area contributed by atoms with Crippen molar-refractivity contribution in [1.29, 1.82) is 0 Å². The Labute approximate surface area is 95.6 Å². The predicted molar refractivity (Wildman–Crippen MR) is 66.8 cm³/mol. The lowest BCUT2D eigenvalue weighted by atomic mass is 10.1. The number of rotatable bonds is 4. The maximum atomic E-state index is 5.83. The van der Waals surface area contributed by atoms with Gasteiger partial charge in [0.05, 0.1) is 6.61 Å². The van der Waals surface area contributed by atoms with E-state index in [4.69, 9.17) is 10.5 Å². The monoisotopic (exact) mass is 218 g/mol. The lowest BCUT2D eigenvalue weighted by Gasteiger charge is -2.05. The van der Waals surface area contributed by atoms with Crippen LogP contribution in [0.3, 0.4) is 0 Å². The lowest BCUT2D eigenvalue weighted by Crippen LogP contribution is -2.17. The fourth-order valence-corrected chi connectivity index (χ4v) is 1.93. The first kappa shape index (κ1) is 11.0. The van der Waals surface area contributed by atoms with Gasteiger partial charge in [-0.25, -0.2) is 0 Å². The number of aromatic nitrogens is 1. The topological polar surface area (TPSA) is 51.0 Å². The zero-order chi connectivity index (χ0) is 11.5. The van der Waals surface area contributed by atoms with Crippen molar-refractivity contribution in [2.45, 2.75) is 26.3 Å². The third kappa shape index (κ3) is 2.19. The molecule has 0 spiro atoms. The first-order chi connectivity index (χ1) is 7.70. The van der Waals surface area contributed by atoms with Crippen LogP contribution in [-0.2, 0) is 6.42 Å². The summed E-state index contributed by atoms with van der Waals surface area (Å²) in [7, 11) is 0. The molecule has 16 heavy (non-hydrogen) atoms. The molecule has 0 aliphatic rings. The van der Waals surface area contributed by atoms with Gasteiger partial charge in [0.2, 0.25) is 0 Å². The van der Waals surface area contributed by atoms with Crippen LogP contribution in [0.5, 0.6) is 5.75 Å². The highest BCUT2D eigenvalue weighted by atomic mass is 16.5. The van der Waals surface area contributed by atoms with Crippen LogP contribution in [0.1, 0.15) is 19.4 Å². The SMILES string of the molecule is CCOc1ccc2[nH]cc(CC(C)N)c2c1. The molecule has 0 saturated carbocycles. The molecule has 0 bridgehead atoms. The fraction of sp³-hybridized carbons (Fsp3) is 0.385. The van der Waals surface area contributed by atoms with Crippen molar-refractivity contribution in [1.82, 2.24) is 4.98 Å². The average Bonchev–Trinajstić information content (AvgIpc) is 2.61. The Morgan fingerprint density at radius 2 is 2.25 bits per heavy atom. The van der Waals surface area contributed by atoms with Gasteiger partial charge in [-0.3, -0.25) is 0 Å². The fourth-order valence-electron chi connectivity index (χ4n) is 1.93. The molecule has 1 atom stereocenters. The number of H-pyrrole nitrogens is 1. The molecule has 1 unspecified atom stereocenters. The molecule has 3 heteroatoms. The Morgan fingerprint density at radius 3 is 2.94 bits per heavy atom. The van der Waals surface area contributed by atoms with Gasteiger partial charge >= 0.3 is 0 Å². The molecule has 1 aromatic heterocycles. The Hall–Kier alpha value is -1.48. The molecule has 0 aliphatic carbocycles. The van der Waals surface area contributed by atoms with Gasteiger partial charge in [-0.1, -0.05) is 0 Å². The summed E-state index contributed by atoms with van der Waals surface area (Å²) in [4.78, 5) is 3.25. The van der Waals surface area contributed by atoms with Gasteiger partial charge in [-0.15, -0.1) is 0 Å². The van der Waals surface area contributed by atoms with Crippen LogP contribution in [0.25, 0.3) is 10.9 Å². The highest BCUT2D eigenvalue weighted by Crippen LogP contribution is 2.24. The number of aromatic amines is 1. The van der Waals surface area contributed by atoms with Crippen molar-refractivity contribution in [3.05, 3.63) is 30.0 Å². The zero-order valence-electron chi connectivity index (χ0n) is 9.79. The van der Waals surface area contributed by atoms with Crippen LogP contribution in [0.15, 0.2) is 24.4 Å². The second kappa shape index (κ2) is 4.58. The summed E-state index contributed by atoms with van der Waals surface area (Å²) in [5.41, 5.74) is 8.22. The summed E-state index contributed by atoms with van der Waals surface area (Å²) in [5, 5.41) is 1.21. The summed E-state index contributed by atoms with van der Waals surface area (Å²) in [6.45, 7) is 4.70. The third-order valence-electron chi connectivity index (χ3n) is 2.59. The van der Waals surface area contributed by atoms with Crippen molar-refractivity contribution in [2.24, 2.45) is 5.73 Å². The van der Waals surface area contributed by atoms with E-state index in [1.54, 1.807) is 0 Å². The number of ether oxygens (including phenoxy) is 1. The van der Waals surface area contributed by atoms with E-state index in [-0.39, 0.29) is 6.04 Å². The molecule has 2 rings (SSSR count). The number of nitrogens with two attached hydrogens (primary N) is 1. The molecular formula is C13H18N2O. The van der Waals surface area contributed by atoms with Gasteiger partial charge < -0.3 is 15.5 Å². The Bertz CT molecular complexity index is 474. The van der Waals surface area contributed by atoms with E-state index in [1.807, 2.05) is 32.2 Å². The first-order valence-electron chi connectivity index (χ1n) is 5.69. The Kier molecular flexibility index (Phi) is 3.15. The normalized spacial score (nSPS) is 12.9. The van der Waals surface area contributed by atoms with Crippen LogP contribution in [-0.4, -0.2) is 17.6 Å². The van der Waals surface area contributed by atoms with E-state index in [9.17, 15) is 0 Å². The number of nitrogens with one attached hydrogen (secondary N) is 1. The van der Waals surface area contributed by atoms with Gasteiger partial charge in [-0.05, 0) is 44.0 Å². The predicted octanol–water partition coefficient (Wildman–Crippen LogP) is 2.46. The van der Waals surface area contributed by atoms with Crippen molar-refractivity contribution in [3.8, 4) is 5.75 Å². The molecule has 3 N–H and O–H groups in total. The van der Waals surface area contributed by atoms with Gasteiger partial charge in [0.15, 0.2) is 0 Å². The van der Waals surface area contributed by atoms with Crippen LogP contribution < -0.4 is 10.5 Å². The summed E-state index contributed by atoms with van der Waals surface area (Å²) in [6.07, 6.45) is 2.92. The number of benzene rings is 1. The largest absolute Gasteiger partial charge is 0.494 e. The van der Waals surface area contributed by atoms with Gasteiger partial charge in [0, 0.05) is 23.1 Å². The highest BCUT2D eigenvalue weighted by Gasteiger charge is 2.06. The third-order valence-corrected chi connectivity index (χ3v) is 2.59. The minimum Gasteiger partial charge on any atom is -0.494 e. The summed E-state index contributed by atoms with van der Waals surface area (Å²) < 4.78 is 5.50. The minimum atomic E-state index is 0.176. The standard InChI is InChI=1S/C13H18N2O/c1-3-16-11-4-5-13-12(7-11)10(8-15-13)6-9(2)14/h4-5,7-9,15H,3,6,14H2,1-2H3. The van der Waals surface area contributed by atoms with E-state index in [0.717, 1.165) is 17.7 Å². The molecule has 0 radical (unpaired) electrons. The summed E-state index contributed by atoms with van der Waals surface area (Å²) >= 11 is 0. The molecule has 0 amide bonds. The molecule has 3 nitrogen and oxygen atoms in total. The lowest BCUT2D eigenvalue weighted by molar-refractivity contribution is 0.340. The van der Waals surface area contributed by atoms with Crippen LogP contribution in [0.4, 0.5) is 0 Å². The quantitative estimate of drug-likeness (QED) is 0.828. The molecule has 0 aliphatic heterocycles. The van der Waals surface area contributed by atoms with Crippen molar-refractivity contribution in [3.63, 3.8) is 0 Å². The highest BCUT2D eigenvalue weighted by molar-refractivity contribution is 5.84. The van der Waals surface area contributed by atoms with Gasteiger partial charge in [0.1, 0.15) is 5.75 Å². The van der Waals surface area contributed by atoms with Crippen LogP contribution >= 0.6 is 0 Å². The van der Waals surface area contributed by atoms with Crippen LogP contribution in [0, 0.1) is 0 Å². The van der Waals surface area contributed by atoms with E-state index in [0.29, 0.717) is 6.61 Å². The molecule has 0 saturated heterocycles. The smallest absolute Gasteiger partial charge is 0.120 e. The van der Waals surface area contributed by atoms with Crippen molar-refractivity contribution >= 4 is 10.9 Å². The van der Waals surface area contributed by atoms with Crippen molar-refractivity contribution < 1.29 is 4.74 Å². The second-order valence-electron chi connectivity index (χ2n) is 4.14. The Balaban J connectivity index is 2.39. The van der Waals surface area contributed by atoms with Gasteiger partial charge in [0.25, 0.3) is 0 Å². The zero-order valence-corrected chi connectivity index (χ0v) is 9.79. The minimum absolute atomic E-state index is 0.176. The van der Waals surface area contributed by atoms with E-state index < -0.39 is 0 Å². The molecule has 1 heterocycles. The number of fused-ring (bicyclic) bond motifs is 1. The molecule has 2 aromatic rings. The summed E-state index contributed by atoms with van der Waals surface area (Å²) in [6, 6.07) is 6.28. The van der Waals surface area contributed by atoms with Gasteiger partial charge in [-0.2, -0.15) is 0 Å².